The first-order valence-corrected chi connectivity index (χ1v) is 10.7. The molecule has 0 aliphatic rings. The molecule has 2 N–H and O–H groups in total. The zero-order valence-electron chi connectivity index (χ0n) is 17.7. The molecule has 5 nitrogen and oxygen atoms in total. The Kier molecular flexibility index (Phi) is 7.13. The van der Waals surface area contributed by atoms with E-state index in [0.717, 1.165) is 10.0 Å². The predicted octanol–water partition coefficient (Wildman–Crippen LogP) is 6.02. The van der Waals surface area contributed by atoms with Gasteiger partial charge < -0.3 is 15.4 Å². The molecule has 0 atom stereocenters. The number of hydrogen-bond acceptors (Lipinski definition) is 3. The molecule has 0 aliphatic carbocycles. The van der Waals surface area contributed by atoms with Crippen molar-refractivity contribution < 1.29 is 14.3 Å². The highest BCUT2D eigenvalue weighted by atomic mass is 79.9. The molecule has 0 saturated carbocycles. The molecule has 31 heavy (non-hydrogen) atoms. The minimum absolute atomic E-state index is 0.120. The molecule has 0 bridgehead atoms. The van der Waals surface area contributed by atoms with Crippen LogP contribution in [-0.4, -0.2) is 18.4 Å². The Hall–Kier alpha value is -3.12. The number of carbonyl (C=O) groups excluding carboxylic acids is 2. The van der Waals surface area contributed by atoms with Gasteiger partial charge in [0.25, 0.3) is 11.8 Å². The van der Waals surface area contributed by atoms with Crippen LogP contribution in [-0.2, 0) is 10.2 Å². The lowest BCUT2D eigenvalue weighted by molar-refractivity contribution is -0.118. The minimum atomic E-state index is -0.283. The van der Waals surface area contributed by atoms with Crippen LogP contribution in [0.3, 0.4) is 0 Å². The number of benzene rings is 3. The highest BCUT2D eigenvalue weighted by Crippen LogP contribution is 2.33. The first kappa shape index (κ1) is 22.6. The molecule has 160 valence electrons. The SMILES string of the molecule is CC(C)(C)c1cc(Br)ccc1OCC(=O)Nc1cccc(NC(=O)c2ccccc2)c1. The number of halogens is 1. The molecule has 6 heteroatoms. The van der Waals surface area contributed by atoms with Gasteiger partial charge in [-0.2, -0.15) is 0 Å². The number of rotatable bonds is 6. The second-order valence-corrected chi connectivity index (χ2v) is 9.04. The maximum Gasteiger partial charge on any atom is 0.262 e. The van der Waals surface area contributed by atoms with Crippen molar-refractivity contribution in [2.24, 2.45) is 0 Å². The quantitative estimate of drug-likeness (QED) is 0.453. The number of anilines is 2. The van der Waals surface area contributed by atoms with Gasteiger partial charge in [-0.3, -0.25) is 9.59 Å². The van der Waals surface area contributed by atoms with Gasteiger partial charge in [0.1, 0.15) is 5.75 Å². The maximum absolute atomic E-state index is 12.4. The standard InChI is InChI=1S/C25H25BrN2O3/c1-25(2,3)21-14-18(26)12-13-22(21)31-16-23(29)27-19-10-7-11-20(15-19)28-24(30)17-8-5-4-6-9-17/h4-15H,16H2,1-3H3,(H,27,29)(H,28,30). The summed E-state index contributed by atoms with van der Waals surface area (Å²) in [5.41, 5.74) is 2.62. The Morgan fingerprint density at radius 3 is 2.23 bits per heavy atom. The van der Waals surface area contributed by atoms with Gasteiger partial charge in [-0.05, 0) is 53.9 Å². The summed E-state index contributed by atoms with van der Waals surface area (Å²) in [6, 6.07) is 21.7. The van der Waals surface area contributed by atoms with Crippen molar-refractivity contribution in [3.05, 3.63) is 88.4 Å². The maximum atomic E-state index is 12.4. The third kappa shape index (κ3) is 6.43. The molecule has 0 fully saturated rings. The Morgan fingerprint density at radius 1 is 0.871 bits per heavy atom. The molecule has 0 unspecified atom stereocenters. The Morgan fingerprint density at radius 2 is 1.55 bits per heavy atom. The summed E-state index contributed by atoms with van der Waals surface area (Å²) in [6.45, 7) is 6.16. The lowest BCUT2D eigenvalue weighted by Gasteiger charge is -2.23. The van der Waals surface area contributed by atoms with Crippen LogP contribution in [0, 0.1) is 0 Å². The van der Waals surface area contributed by atoms with Crippen molar-refractivity contribution in [3.63, 3.8) is 0 Å². The lowest BCUT2D eigenvalue weighted by atomic mass is 9.86. The molecule has 3 aromatic carbocycles. The largest absolute Gasteiger partial charge is 0.483 e. The van der Waals surface area contributed by atoms with Crippen molar-refractivity contribution in [1.82, 2.24) is 0 Å². The van der Waals surface area contributed by atoms with Crippen molar-refractivity contribution in [2.45, 2.75) is 26.2 Å². The lowest BCUT2D eigenvalue weighted by Crippen LogP contribution is -2.22. The monoisotopic (exact) mass is 480 g/mol. The first-order chi connectivity index (χ1) is 14.7. The molecular formula is C25H25BrN2O3. The summed E-state index contributed by atoms with van der Waals surface area (Å²) in [5, 5.41) is 5.64. The van der Waals surface area contributed by atoms with E-state index in [1.165, 1.54) is 0 Å². The molecule has 3 aromatic rings. The van der Waals surface area contributed by atoms with Crippen molar-refractivity contribution in [1.29, 1.82) is 0 Å². The molecule has 0 aromatic heterocycles. The van der Waals surface area contributed by atoms with E-state index >= 15 is 0 Å². The van der Waals surface area contributed by atoms with E-state index in [-0.39, 0.29) is 23.8 Å². The Balaban J connectivity index is 1.62. The topological polar surface area (TPSA) is 67.4 Å². The molecule has 0 radical (unpaired) electrons. The fraction of sp³-hybridized carbons (Fsp3) is 0.200. The van der Waals surface area contributed by atoms with E-state index < -0.39 is 0 Å². The van der Waals surface area contributed by atoms with E-state index in [1.54, 1.807) is 36.4 Å². The van der Waals surface area contributed by atoms with Gasteiger partial charge in [-0.15, -0.1) is 0 Å². The first-order valence-electron chi connectivity index (χ1n) is 9.91. The van der Waals surface area contributed by atoms with Gasteiger partial charge in [0.2, 0.25) is 0 Å². The second kappa shape index (κ2) is 9.79. The van der Waals surface area contributed by atoms with Crippen LogP contribution in [0.25, 0.3) is 0 Å². The van der Waals surface area contributed by atoms with Gasteiger partial charge in [-0.25, -0.2) is 0 Å². The van der Waals surface area contributed by atoms with Crippen LogP contribution < -0.4 is 15.4 Å². The van der Waals surface area contributed by atoms with Gasteiger partial charge >= 0.3 is 0 Å². The molecule has 0 aliphatic heterocycles. The number of nitrogens with one attached hydrogen (secondary N) is 2. The highest BCUT2D eigenvalue weighted by Gasteiger charge is 2.20. The van der Waals surface area contributed by atoms with Crippen molar-refractivity contribution >= 4 is 39.1 Å². The smallest absolute Gasteiger partial charge is 0.262 e. The summed E-state index contributed by atoms with van der Waals surface area (Å²) >= 11 is 3.49. The summed E-state index contributed by atoms with van der Waals surface area (Å²) in [7, 11) is 0. The zero-order chi connectivity index (χ0) is 22.4. The number of hydrogen-bond donors (Lipinski definition) is 2. The number of ether oxygens (including phenoxy) is 1. The average Bonchev–Trinajstić information content (AvgIpc) is 2.73. The van der Waals surface area contributed by atoms with Crippen LogP contribution in [0.15, 0.2) is 77.3 Å². The molecule has 0 heterocycles. The van der Waals surface area contributed by atoms with Crippen LogP contribution in [0.1, 0.15) is 36.7 Å². The van der Waals surface area contributed by atoms with Gasteiger partial charge in [0, 0.05) is 27.0 Å². The summed E-state index contributed by atoms with van der Waals surface area (Å²) < 4.78 is 6.76. The predicted molar refractivity (Wildman–Crippen MR) is 128 cm³/mol. The van der Waals surface area contributed by atoms with Crippen LogP contribution in [0.4, 0.5) is 11.4 Å². The van der Waals surface area contributed by atoms with Crippen molar-refractivity contribution in [2.75, 3.05) is 17.2 Å². The molecule has 2 amide bonds. The van der Waals surface area contributed by atoms with Crippen molar-refractivity contribution in [3.8, 4) is 5.75 Å². The normalized spacial score (nSPS) is 11.0. The zero-order valence-corrected chi connectivity index (χ0v) is 19.3. The summed E-state index contributed by atoms with van der Waals surface area (Å²) in [6.07, 6.45) is 0. The van der Waals surface area contributed by atoms with Crippen LogP contribution in [0.5, 0.6) is 5.75 Å². The molecule has 0 spiro atoms. The third-order valence-electron chi connectivity index (χ3n) is 4.55. The molecule has 0 saturated heterocycles. The van der Waals surface area contributed by atoms with E-state index in [2.05, 4.69) is 47.3 Å². The van der Waals surface area contributed by atoms with E-state index in [1.807, 2.05) is 36.4 Å². The second-order valence-electron chi connectivity index (χ2n) is 8.13. The number of amides is 2. The third-order valence-corrected chi connectivity index (χ3v) is 5.04. The average molecular weight is 481 g/mol. The van der Waals surface area contributed by atoms with Crippen LogP contribution in [0.2, 0.25) is 0 Å². The van der Waals surface area contributed by atoms with E-state index in [9.17, 15) is 9.59 Å². The van der Waals surface area contributed by atoms with Gasteiger partial charge in [0.15, 0.2) is 6.61 Å². The Bertz CT molecular complexity index is 1080. The fourth-order valence-corrected chi connectivity index (χ4v) is 3.38. The van der Waals surface area contributed by atoms with Crippen LogP contribution >= 0.6 is 15.9 Å². The van der Waals surface area contributed by atoms with Gasteiger partial charge in [-0.1, -0.05) is 61.0 Å². The van der Waals surface area contributed by atoms with E-state index in [0.29, 0.717) is 22.7 Å². The fourth-order valence-electron chi connectivity index (χ4n) is 3.02. The Labute approximate surface area is 191 Å². The minimum Gasteiger partial charge on any atom is -0.483 e. The number of carbonyl (C=O) groups is 2. The van der Waals surface area contributed by atoms with E-state index in [4.69, 9.17) is 4.74 Å². The highest BCUT2D eigenvalue weighted by molar-refractivity contribution is 9.10. The molecular weight excluding hydrogens is 456 g/mol. The summed E-state index contributed by atoms with van der Waals surface area (Å²) in [4.78, 5) is 24.8. The van der Waals surface area contributed by atoms with Gasteiger partial charge in [0.05, 0.1) is 0 Å². The molecule has 3 rings (SSSR count). The summed E-state index contributed by atoms with van der Waals surface area (Å²) in [5.74, 6) is 0.182.